The lowest BCUT2D eigenvalue weighted by atomic mass is 9.92. The van der Waals surface area contributed by atoms with Crippen molar-refractivity contribution < 1.29 is 18.7 Å². The quantitative estimate of drug-likeness (QED) is 0.286. The Morgan fingerprint density at radius 3 is 2.45 bits per heavy atom. The third-order valence-corrected chi connectivity index (χ3v) is 8.97. The normalized spacial score (nSPS) is 17.2. The van der Waals surface area contributed by atoms with E-state index in [4.69, 9.17) is 16.2 Å². The van der Waals surface area contributed by atoms with Crippen molar-refractivity contribution in [2.75, 3.05) is 25.4 Å². The second kappa shape index (κ2) is 11.5. The molecule has 0 aliphatic carbocycles. The number of primary amides is 1. The Bertz CT molecular complexity index is 2050. The molecule has 2 aliphatic heterocycles. The summed E-state index contributed by atoms with van der Waals surface area (Å²) < 4.78 is 25.4. The number of ether oxygens (including phenoxy) is 1. The molecule has 1 unspecified atom stereocenters. The minimum Gasteiger partial charge on any atom is -0.382 e. The average molecular weight is 640 g/mol. The molecule has 0 bridgehead atoms. The number of carbonyl (C=O) groups excluding carboxylic acids is 2. The van der Waals surface area contributed by atoms with Crippen molar-refractivity contribution in [1.29, 1.82) is 0 Å². The number of rotatable bonds is 6. The zero-order valence-corrected chi connectivity index (χ0v) is 26.0. The van der Waals surface area contributed by atoms with Gasteiger partial charge in [0.15, 0.2) is 17.3 Å². The number of nitrogen functional groups attached to an aromatic ring is 1. The van der Waals surface area contributed by atoms with Crippen molar-refractivity contribution in [2.24, 2.45) is 5.73 Å². The smallest absolute Gasteiger partial charge is 0.286 e. The molecular weight excluding hydrogens is 605 g/mol. The predicted octanol–water partition coefficient (Wildman–Crippen LogP) is 3.00. The fourth-order valence-corrected chi connectivity index (χ4v) is 6.77. The maximum absolute atomic E-state index is 14.3. The molecule has 0 spiro atoms. The summed E-state index contributed by atoms with van der Waals surface area (Å²) in [6.45, 7) is 4.08. The summed E-state index contributed by atoms with van der Waals surface area (Å²) in [5.74, 6) is -0.578. The van der Waals surface area contributed by atoms with Gasteiger partial charge < -0.3 is 21.1 Å². The lowest BCUT2D eigenvalue weighted by Gasteiger charge is -2.34. The minimum atomic E-state index is -1.92. The maximum atomic E-state index is 14.3. The number of amides is 2. The van der Waals surface area contributed by atoms with E-state index in [1.807, 2.05) is 30.3 Å². The van der Waals surface area contributed by atoms with E-state index in [1.165, 1.54) is 24.9 Å². The Morgan fingerprint density at radius 1 is 1.04 bits per heavy atom. The maximum Gasteiger partial charge on any atom is 0.286 e. The number of anilines is 1. The number of hydrogen-bond acceptors (Lipinski definition) is 8. The molecule has 1 aromatic carbocycles. The van der Waals surface area contributed by atoms with Gasteiger partial charge in [0.1, 0.15) is 23.5 Å². The Kier molecular flexibility index (Phi) is 7.38. The van der Waals surface area contributed by atoms with Gasteiger partial charge in [0.05, 0.1) is 18.8 Å². The third-order valence-electron chi connectivity index (χ3n) is 8.97. The van der Waals surface area contributed by atoms with E-state index >= 15 is 0 Å². The summed E-state index contributed by atoms with van der Waals surface area (Å²) in [7, 11) is 0. The van der Waals surface area contributed by atoms with Crippen LogP contribution in [0.5, 0.6) is 0 Å². The van der Waals surface area contributed by atoms with Gasteiger partial charge in [0, 0.05) is 36.5 Å². The fourth-order valence-electron chi connectivity index (χ4n) is 6.77. The average Bonchev–Trinajstić information content (AvgIpc) is 3.61. The molecule has 242 valence electrons. The van der Waals surface area contributed by atoms with Crippen LogP contribution < -0.4 is 17.0 Å². The molecule has 1 saturated heterocycles. The van der Waals surface area contributed by atoms with Crippen molar-refractivity contribution >= 4 is 23.1 Å². The molecule has 5 aromatic rings. The molecule has 1 atom stereocenters. The first-order chi connectivity index (χ1) is 22.5. The van der Waals surface area contributed by atoms with Crippen LogP contribution in [-0.2, 0) is 16.1 Å². The van der Waals surface area contributed by atoms with Gasteiger partial charge in [-0.3, -0.25) is 19.1 Å². The molecule has 13 nitrogen and oxygen atoms in total. The summed E-state index contributed by atoms with van der Waals surface area (Å²) in [4.78, 5) is 48.7. The van der Waals surface area contributed by atoms with Crippen LogP contribution in [0.15, 0.2) is 65.8 Å². The second-order valence-electron chi connectivity index (χ2n) is 12.4. The van der Waals surface area contributed by atoms with Crippen molar-refractivity contribution in [3.05, 3.63) is 93.9 Å². The molecule has 7 rings (SSSR count). The summed E-state index contributed by atoms with van der Waals surface area (Å²) in [5.41, 5.74) is 13.9. The zero-order chi connectivity index (χ0) is 33.0. The highest BCUT2D eigenvalue weighted by molar-refractivity contribution is 5.94. The number of hydrogen-bond donors (Lipinski definition) is 2. The van der Waals surface area contributed by atoms with E-state index < -0.39 is 29.1 Å². The van der Waals surface area contributed by atoms with E-state index in [-0.39, 0.29) is 11.5 Å². The largest absolute Gasteiger partial charge is 0.382 e. The van der Waals surface area contributed by atoms with Crippen molar-refractivity contribution in [2.45, 2.75) is 50.9 Å². The number of fused-ring (bicyclic) bond motifs is 2. The Balaban J connectivity index is 1.23. The van der Waals surface area contributed by atoms with E-state index in [0.29, 0.717) is 61.9 Å². The van der Waals surface area contributed by atoms with Crippen molar-refractivity contribution in [3.8, 4) is 16.9 Å². The topological polar surface area (TPSA) is 169 Å². The van der Waals surface area contributed by atoms with Crippen LogP contribution in [0.25, 0.3) is 22.5 Å². The van der Waals surface area contributed by atoms with Gasteiger partial charge in [-0.15, -0.1) is 0 Å². The second-order valence-corrected chi connectivity index (χ2v) is 12.4. The van der Waals surface area contributed by atoms with Gasteiger partial charge in [0.25, 0.3) is 17.4 Å². The molecule has 4 N–H and O–H groups in total. The van der Waals surface area contributed by atoms with Gasteiger partial charge in [-0.1, -0.05) is 30.3 Å². The number of nitrogens with zero attached hydrogens (tertiary/aromatic N) is 7. The molecule has 14 heteroatoms. The monoisotopic (exact) mass is 639 g/mol. The summed E-state index contributed by atoms with van der Waals surface area (Å²) in [5, 5.41) is 4.52. The van der Waals surface area contributed by atoms with Crippen LogP contribution in [0.1, 0.15) is 66.0 Å². The standard InChI is InChI=1S/C33H34FN9O4/c1-33(2,34)32(46)40-13-10-20(11-14-40)23-17-22(26-29(35)38-18-39-42(23)26)19-6-8-21(9-7-19)28-27-25(30(36)44)31(45)43(41(27)15-16-47-28)24-5-3-4-12-37-24/h3-9,12,17-18,20,28H,10-11,13-16H2,1-2H3,(H2,36,44)(H2,35,38,39). The van der Waals surface area contributed by atoms with Gasteiger partial charge in [-0.05, 0) is 56.0 Å². The lowest BCUT2D eigenvalue weighted by molar-refractivity contribution is -0.143. The zero-order valence-electron chi connectivity index (χ0n) is 26.0. The van der Waals surface area contributed by atoms with Crippen LogP contribution in [0.4, 0.5) is 10.2 Å². The predicted molar refractivity (Wildman–Crippen MR) is 171 cm³/mol. The van der Waals surface area contributed by atoms with Gasteiger partial charge in [-0.2, -0.15) is 9.78 Å². The Hall–Kier alpha value is -5.37. The number of nitrogens with two attached hydrogens (primary N) is 2. The van der Waals surface area contributed by atoms with Crippen LogP contribution in [0, 0.1) is 0 Å². The lowest BCUT2D eigenvalue weighted by Crippen LogP contribution is -2.46. The van der Waals surface area contributed by atoms with Crippen LogP contribution in [-0.4, -0.2) is 71.0 Å². The highest BCUT2D eigenvalue weighted by atomic mass is 19.1. The highest BCUT2D eigenvalue weighted by Crippen LogP contribution is 2.38. The molecule has 4 aromatic heterocycles. The summed E-state index contributed by atoms with van der Waals surface area (Å²) in [6, 6.07) is 14.9. The van der Waals surface area contributed by atoms with E-state index in [9.17, 15) is 18.8 Å². The van der Waals surface area contributed by atoms with Crippen LogP contribution >= 0.6 is 0 Å². The summed E-state index contributed by atoms with van der Waals surface area (Å²) in [6.07, 6.45) is 3.56. The number of pyridine rings is 1. The molecule has 47 heavy (non-hydrogen) atoms. The van der Waals surface area contributed by atoms with E-state index in [1.54, 1.807) is 38.5 Å². The first-order valence-electron chi connectivity index (χ1n) is 15.4. The number of likely N-dealkylation sites (tertiary alicyclic amines) is 1. The first kappa shape index (κ1) is 30.3. The number of piperidine rings is 1. The third kappa shape index (κ3) is 5.14. The van der Waals surface area contributed by atoms with E-state index in [2.05, 4.69) is 15.1 Å². The van der Waals surface area contributed by atoms with Crippen LogP contribution in [0.3, 0.4) is 0 Å². The Labute approximate surface area is 268 Å². The highest BCUT2D eigenvalue weighted by Gasteiger charge is 2.36. The molecule has 1 fully saturated rings. The molecular formula is C33H34FN9O4. The molecule has 0 radical (unpaired) electrons. The first-order valence-corrected chi connectivity index (χ1v) is 15.4. The molecule has 2 aliphatic rings. The number of alkyl halides is 1. The number of benzene rings is 1. The minimum absolute atomic E-state index is 0.0688. The van der Waals surface area contributed by atoms with E-state index in [0.717, 1.165) is 22.4 Å². The van der Waals surface area contributed by atoms with Gasteiger partial charge in [0.2, 0.25) is 0 Å². The van der Waals surface area contributed by atoms with Crippen molar-refractivity contribution in [1.82, 2.24) is 33.8 Å². The molecule has 2 amide bonds. The molecule has 6 heterocycles. The van der Waals surface area contributed by atoms with Crippen molar-refractivity contribution in [3.63, 3.8) is 0 Å². The number of carbonyl (C=O) groups is 2. The fraction of sp³-hybridized carbons (Fsp3) is 0.333. The van der Waals surface area contributed by atoms with Gasteiger partial charge >= 0.3 is 0 Å². The summed E-state index contributed by atoms with van der Waals surface area (Å²) >= 11 is 0. The number of aromatic nitrogens is 6. The van der Waals surface area contributed by atoms with Crippen LogP contribution in [0.2, 0.25) is 0 Å². The molecule has 0 saturated carbocycles. The SMILES string of the molecule is CC(C)(F)C(=O)N1CCC(c2cc(-c3ccc(C4OCCn5c4c(C(N)=O)c(=O)n5-c4ccccn4)cc3)c3c(N)ncnn23)CC1. The number of halogens is 1. The van der Waals surface area contributed by atoms with Gasteiger partial charge in [-0.25, -0.2) is 18.9 Å². The Morgan fingerprint density at radius 2 is 1.79 bits per heavy atom.